The predicted octanol–water partition coefficient (Wildman–Crippen LogP) is 3.05. The van der Waals surface area contributed by atoms with Gasteiger partial charge in [0, 0.05) is 18.1 Å². The number of nitrogens with zero attached hydrogens (tertiary/aromatic N) is 2. The quantitative estimate of drug-likeness (QED) is 0.927. The van der Waals surface area contributed by atoms with Crippen LogP contribution in [-0.2, 0) is 6.54 Å². The molecule has 0 spiro atoms. The van der Waals surface area contributed by atoms with Gasteiger partial charge in [0.25, 0.3) is 5.56 Å². The number of hydrogen-bond donors (Lipinski definition) is 1. The summed E-state index contributed by atoms with van der Waals surface area (Å²) in [6.45, 7) is 7.35. The lowest BCUT2D eigenvalue weighted by Gasteiger charge is -2.34. The number of halogens is 1. The molecule has 1 saturated heterocycles. The maximum atomic E-state index is 12.1. The predicted molar refractivity (Wildman–Crippen MR) is 85.6 cm³/mol. The third kappa shape index (κ3) is 3.27. The minimum absolute atomic E-state index is 0.0928. The lowest BCUT2D eigenvalue weighted by molar-refractivity contribution is 0.131. The molecule has 0 aliphatic carbocycles. The number of benzene rings is 1. The van der Waals surface area contributed by atoms with Crippen LogP contribution in [0.5, 0.6) is 0 Å². The Kier molecular flexibility index (Phi) is 4.00. The topological polar surface area (TPSA) is 49.0 Å². The highest BCUT2D eigenvalue weighted by molar-refractivity contribution is 6.31. The summed E-state index contributed by atoms with van der Waals surface area (Å²) in [6.07, 6.45) is 1.27. The summed E-state index contributed by atoms with van der Waals surface area (Å²) in [5, 5.41) is 1.19. The molecular formula is C16H20ClN3O. The van der Waals surface area contributed by atoms with Gasteiger partial charge in [-0.2, -0.15) is 0 Å². The molecule has 4 nitrogen and oxygen atoms in total. The molecule has 2 aromatic rings. The summed E-state index contributed by atoms with van der Waals surface area (Å²) in [7, 11) is 0. The Balaban J connectivity index is 1.89. The average molecular weight is 306 g/mol. The monoisotopic (exact) mass is 305 g/mol. The first-order valence-corrected chi connectivity index (χ1v) is 7.80. The van der Waals surface area contributed by atoms with Gasteiger partial charge in [0.2, 0.25) is 0 Å². The van der Waals surface area contributed by atoms with E-state index in [2.05, 4.69) is 28.7 Å². The second kappa shape index (κ2) is 5.78. The van der Waals surface area contributed by atoms with E-state index in [-0.39, 0.29) is 5.56 Å². The first-order chi connectivity index (χ1) is 10.0. The SMILES string of the molecule is CC1CC(C)CN(Cc2nc3cc(Cl)ccc3c(=O)[nH]2)C1. The Hall–Kier alpha value is -1.39. The van der Waals surface area contributed by atoms with Crippen molar-refractivity contribution in [2.75, 3.05) is 13.1 Å². The van der Waals surface area contributed by atoms with Crippen molar-refractivity contribution >= 4 is 22.5 Å². The molecule has 1 aliphatic heterocycles. The number of hydrogen-bond acceptors (Lipinski definition) is 3. The van der Waals surface area contributed by atoms with Crippen molar-refractivity contribution in [3.05, 3.63) is 39.4 Å². The molecule has 5 heteroatoms. The van der Waals surface area contributed by atoms with Crippen LogP contribution in [0.2, 0.25) is 5.02 Å². The van der Waals surface area contributed by atoms with Crippen LogP contribution in [0.3, 0.4) is 0 Å². The highest BCUT2D eigenvalue weighted by atomic mass is 35.5. The smallest absolute Gasteiger partial charge is 0.258 e. The van der Waals surface area contributed by atoms with Crippen molar-refractivity contribution < 1.29 is 0 Å². The van der Waals surface area contributed by atoms with Crippen molar-refractivity contribution in [2.24, 2.45) is 11.8 Å². The molecule has 1 fully saturated rings. The van der Waals surface area contributed by atoms with Crippen LogP contribution in [0.15, 0.2) is 23.0 Å². The molecule has 1 aromatic carbocycles. The molecule has 2 unspecified atom stereocenters. The molecule has 0 saturated carbocycles. The summed E-state index contributed by atoms with van der Waals surface area (Å²) in [4.78, 5) is 21.9. The summed E-state index contributed by atoms with van der Waals surface area (Å²) in [6, 6.07) is 5.18. The molecule has 0 radical (unpaired) electrons. The molecule has 2 heterocycles. The van der Waals surface area contributed by atoms with E-state index in [1.807, 2.05) is 0 Å². The second-order valence-corrected chi connectivity index (χ2v) is 6.75. The van der Waals surface area contributed by atoms with Gasteiger partial charge in [-0.05, 0) is 36.5 Å². The number of aromatic nitrogens is 2. The van der Waals surface area contributed by atoms with Crippen LogP contribution in [0, 0.1) is 11.8 Å². The molecule has 1 aromatic heterocycles. The van der Waals surface area contributed by atoms with E-state index in [1.54, 1.807) is 18.2 Å². The van der Waals surface area contributed by atoms with Crippen molar-refractivity contribution in [3.8, 4) is 0 Å². The van der Waals surface area contributed by atoms with Crippen molar-refractivity contribution in [1.82, 2.24) is 14.9 Å². The molecule has 112 valence electrons. The fourth-order valence-corrected chi connectivity index (χ4v) is 3.54. The Labute approximate surface area is 129 Å². The van der Waals surface area contributed by atoms with Gasteiger partial charge in [0.15, 0.2) is 0 Å². The highest BCUT2D eigenvalue weighted by Gasteiger charge is 2.22. The molecule has 0 amide bonds. The van der Waals surface area contributed by atoms with Gasteiger partial charge in [0.1, 0.15) is 5.82 Å². The summed E-state index contributed by atoms with van der Waals surface area (Å²) in [5.74, 6) is 2.10. The number of aromatic amines is 1. The van der Waals surface area contributed by atoms with E-state index in [0.29, 0.717) is 34.3 Å². The molecule has 3 rings (SSSR count). The molecule has 1 N–H and O–H groups in total. The van der Waals surface area contributed by atoms with E-state index >= 15 is 0 Å². The van der Waals surface area contributed by atoms with Crippen LogP contribution < -0.4 is 5.56 Å². The Morgan fingerprint density at radius 3 is 2.76 bits per heavy atom. The lowest BCUT2D eigenvalue weighted by Crippen LogP contribution is -2.38. The third-order valence-electron chi connectivity index (χ3n) is 4.04. The van der Waals surface area contributed by atoms with E-state index in [4.69, 9.17) is 11.6 Å². The van der Waals surface area contributed by atoms with E-state index < -0.39 is 0 Å². The fourth-order valence-electron chi connectivity index (χ4n) is 3.37. The summed E-state index contributed by atoms with van der Waals surface area (Å²) in [5.41, 5.74) is 0.573. The van der Waals surface area contributed by atoms with Gasteiger partial charge in [-0.15, -0.1) is 0 Å². The Bertz CT molecular complexity index is 702. The molecule has 0 bridgehead atoms. The minimum Gasteiger partial charge on any atom is -0.309 e. The van der Waals surface area contributed by atoms with Crippen molar-refractivity contribution in [2.45, 2.75) is 26.8 Å². The van der Waals surface area contributed by atoms with Gasteiger partial charge in [-0.25, -0.2) is 4.98 Å². The minimum atomic E-state index is -0.0928. The summed E-state index contributed by atoms with van der Waals surface area (Å²) < 4.78 is 0. The third-order valence-corrected chi connectivity index (χ3v) is 4.27. The zero-order valence-electron chi connectivity index (χ0n) is 12.4. The number of fused-ring (bicyclic) bond motifs is 1. The first-order valence-electron chi connectivity index (χ1n) is 7.42. The van der Waals surface area contributed by atoms with Gasteiger partial charge in [0.05, 0.1) is 17.4 Å². The van der Waals surface area contributed by atoms with Gasteiger partial charge < -0.3 is 4.98 Å². The zero-order chi connectivity index (χ0) is 15.0. The van der Waals surface area contributed by atoms with Crippen LogP contribution in [0.4, 0.5) is 0 Å². The number of rotatable bonds is 2. The molecular weight excluding hydrogens is 286 g/mol. The maximum absolute atomic E-state index is 12.1. The average Bonchev–Trinajstić information content (AvgIpc) is 2.36. The first kappa shape index (κ1) is 14.5. The largest absolute Gasteiger partial charge is 0.309 e. The Morgan fingerprint density at radius 2 is 2.05 bits per heavy atom. The number of H-pyrrole nitrogens is 1. The van der Waals surface area contributed by atoms with Gasteiger partial charge in [-0.1, -0.05) is 25.4 Å². The van der Waals surface area contributed by atoms with Crippen molar-refractivity contribution in [3.63, 3.8) is 0 Å². The molecule has 21 heavy (non-hydrogen) atoms. The highest BCUT2D eigenvalue weighted by Crippen LogP contribution is 2.22. The van der Waals surface area contributed by atoms with Crippen molar-refractivity contribution in [1.29, 1.82) is 0 Å². The number of nitrogens with one attached hydrogen (secondary N) is 1. The van der Waals surface area contributed by atoms with E-state index in [1.165, 1.54) is 6.42 Å². The number of piperidine rings is 1. The van der Waals surface area contributed by atoms with E-state index in [9.17, 15) is 4.79 Å². The summed E-state index contributed by atoms with van der Waals surface area (Å²) >= 11 is 5.99. The standard InChI is InChI=1S/C16H20ClN3O/c1-10-5-11(2)8-20(7-10)9-15-18-14-6-12(17)3-4-13(14)16(21)19-15/h3-4,6,10-11H,5,7-9H2,1-2H3,(H,18,19,21). The second-order valence-electron chi connectivity index (χ2n) is 6.31. The maximum Gasteiger partial charge on any atom is 0.258 e. The lowest BCUT2D eigenvalue weighted by atomic mass is 9.92. The van der Waals surface area contributed by atoms with Gasteiger partial charge in [-0.3, -0.25) is 9.69 Å². The molecule has 2 atom stereocenters. The Morgan fingerprint density at radius 1 is 1.33 bits per heavy atom. The van der Waals surface area contributed by atoms with Gasteiger partial charge >= 0.3 is 0 Å². The van der Waals surface area contributed by atoms with E-state index in [0.717, 1.165) is 18.9 Å². The normalized spacial score (nSPS) is 23.6. The number of likely N-dealkylation sites (tertiary alicyclic amines) is 1. The van der Waals surface area contributed by atoms with Crippen LogP contribution in [0.25, 0.3) is 10.9 Å². The zero-order valence-corrected chi connectivity index (χ0v) is 13.2. The fraction of sp³-hybridized carbons (Fsp3) is 0.500. The molecule has 1 aliphatic rings. The van der Waals surface area contributed by atoms with Crippen LogP contribution >= 0.6 is 11.6 Å². The van der Waals surface area contributed by atoms with Crippen LogP contribution in [-0.4, -0.2) is 28.0 Å². The van der Waals surface area contributed by atoms with Crippen LogP contribution in [0.1, 0.15) is 26.1 Å².